The van der Waals surface area contributed by atoms with Gasteiger partial charge in [0.05, 0.1) is 5.39 Å². The van der Waals surface area contributed by atoms with Crippen LogP contribution in [-0.2, 0) is 0 Å². The van der Waals surface area contributed by atoms with Crippen molar-refractivity contribution in [2.75, 3.05) is 0 Å². The molecule has 1 aromatic carbocycles. The zero-order valence-electron chi connectivity index (χ0n) is 7.09. The molecule has 0 radical (unpaired) electrons. The van der Waals surface area contributed by atoms with E-state index in [-0.39, 0.29) is 0 Å². The largest absolute Gasteiger partial charge is 0.507 e. The first-order valence-electron chi connectivity index (χ1n) is 3.87. The zero-order valence-corrected chi connectivity index (χ0v) is 7.09. The zero-order chi connectivity index (χ0) is 8.72. The molecule has 0 aliphatic carbocycles. The molecule has 0 aliphatic rings. The summed E-state index contributed by atoms with van der Waals surface area (Å²) in [5.74, 6) is 1.15. The first-order valence-corrected chi connectivity index (χ1v) is 3.87. The van der Waals surface area contributed by atoms with Gasteiger partial charge in [0.15, 0.2) is 0 Å². The fraction of sp³-hybridized carbons (Fsp3) is 0.200. The van der Waals surface area contributed by atoms with E-state index < -0.39 is 0 Å². The van der Waals surface area contributed by atoms with Crippen LogP contribution in [-0.4, -0.2) is 5.11 Å². The molecular weight excluding hydrogens is 152 g/mol. The molecule has 0 aliphatic heterocycles. The Labute approximate surface area is 70.4 Å². The van der Waals surface area contributed by atoms with Crippen LogP contribution in [0, 0.1) is 13.8 Å². The minimum Gasteiger partial charge on any atom is -0.507 e. The Morgan fingerprint density at radius 3 is 2.75 bits per heavy atom. The minimum absolute atomic E-state index is 0.323. The first kappa shape index (κ1) is 7.22. The Hall–Kier alpha value is -1.44. The third kappa shape index (κ3) is 0.881. The van der Waals surface area contributed by atoms with Gasteiger partial charge in [0.1, 0.15) is 17.1 Å². The van der Waals surface area contributed by atoms with E-state index in [9.17, 15) is 5.11 Å². The van der Waals surface area contributed by atoms with Crippen LogP contribution in [0.4, 0.5) is 0 Å². The molecule has 62 valence electrons. The number of phenols is 1. The van der Waals surface area contributed by atoms with Gasteiger partial charge in [-0.3, -0.25) is 0 Å². The lowest BCUT2D eigenvalue weighted by Crippen LogP contribution is -1.73. The number of aromatic hydroxyl groups is 1. The second-order valence-corrected chi connectivity index (χ2v) is 3.00. The Bertz CT molecular complexity index is 427. The van der Waals surface area contributed by atoms with E-state index >= 15 is 0 Å². The molecule has 2 rings (SSSR count). The average Bonchev–Trinajstić information content (AvgIpc) is 2.39. The van der Waals surface area contributed by atoms with E-state index in [2.05, 4.69) is 0 Å². The smallest absolute Gasteiger partial charge is 0.138 e. The van der Waals surface area contributed by atoms with Crippen LogP contribution in [0.15, 0.2) is 22.6 Å². The highest BCUT2D eigenvalue weighted by Crippen LogP contribution is 2.30. The van der Waals surface area contributed by atoms with E-state index in [0.717, 1.165) is 22.3 Å². The van der Waals surface area contributed by atoms with Gasteiger partial charge in [0.2, 0.25) is 0 Å². The summed E-state index contributed by atoms with van der Waals surface area (Å²) in [6, 6.07) is 5.57. The van der Waals surface area contributed by atoms with E-state index in [1.807, 2.05) is 32.0 Å². The van der Waals surface area contributed by atoms with Crippen molar-refractivity contribution in [1.29, 1.82) is 0 Å². The van der Waals surface area contributed by atoms with Crippen molar-refractivity contribution in [1.82, 2.24) is 0 Å². The fourth-order valence-corrected chi connectivity index (χ4v) is 1.33. The number of furan rings is 1. The number of hydrogen-bond donors (Lipinski definition) is 1. The maximum Gasteiger partial charge on any atom is 0.138 e. The van der Waals surface area contributed by atoms with Crippen molar-refractivity contribution in [3.05, 3.63) is 29.5 Å². The summed E-state index contributed by atoms with van der Waals surface area (Å²) in [5, 5.41) is 10.4. The maximum atomic E-state index is 9.61. The summed E-state index contributed by atoms with van der Waals surface area (Å²) in [4.78, 5) is 0. The molecule has 1 N–H and O–H groups in total. The lowest BCUT2D eigenvalue weighted by Gasteiger charge is -1.96. The molecule has 0 fully saturated rings. The van der Waals surface area contributed by atoms with Crippen LogP contribution in [0.25, 0.3) is 11.0 Å². The highest BCUT2D eigenvalue weighted by Gasteiger charge is 2.06. The summed E-state index contributed by atoms with van der Waals surface area (Å²) in [5.41, 5.74) is 1.62. The minimum atomic E-state index is 0.323. The molecular formula is C10H10O2. The molecule has 2 nitrogen and oxygen atoms in total. The van der Waals surface area contributed by atoms with Crippen LogP contribution in [0.5, 0.6) is 5.75 Å². The monoisotopic (exact) mass is 162 g/mol. The Morgan fingerprint density at radius 2 is 2.00 bits per heavy atom. The summed E-state index contributed by atoms with van der Waals surface area (Å²) >= 11 is 0. The summed E-state index contributed by atoms with van der Waals surface area (Å²) in [7, 11) is 0. The van der Waals surface area contributed by atoms with Gasteiger partial charge in [0, 0.05) is 0 Å². The van der Waals surface area contributed by atoms with Crippen molar-refractivity contribution in [3.63, 3.8) is 0 Å². The molecule has 0 atom stereocenters. The first-order chi connectivity index (χ1) is 5.68. The van der Waals surface area contributed by atoms with E-state index in [4.69, 9.17) is 4.42 Å². The molecule has 0 unspecified atom stereocenters. The third-order valence-electron chi connectivity index (χ3n) is 2.00. The number of phenolic OH excluding ortho intramolecular Hbond substituents is 1. The van der Waals surface area contributed by atoms with E-state index in [0.29, 0.717) is 5.75 Å². The Morgan fingerprint density at radius 1 is 1.25 bits per heavy atom. The molecule has 12 heavy (non-hydrogen) atoms. The normalized spacial score (nSPS) is 10.8. The van der Waals surface area contributed by atoms with Crippen LogP contribution < -0.4 is 0 Å². The predicted octanol–water partition coefficient (Wildman–Crippen LogP) is 2.76. The van der Waals surface area contributed by atoms with E-state index in [1.165, 1.54) is 0 Å². The highest BCUT2D eigenvalue weighted by molar-refractivity contribution is 5.85. The Kier molecular flexibility index (Phi) is 1.37. The van der Waals surface area contributed by atoms with Gasteiger partial charge in [-0.1, -0.05) is 6.07 Å². The Balaban J connectivity index is 2.89. The van der Waals surface area contributed by atoms with Crippen LogP contribution in [0.3, 0.4) is 0 Å². The standard InChI is InChI=1S/C10H10O2/c1-6-3-4-9-8(10(6)11)5-7(2)12-9/h3-5,11H,1-2H3. The van der Waals surface area contributed by atoms with Gasteiger partial charge in [0.25, 0.3) is 0 Å². The SMILES string of the molecule is Cc1cc2c(O)c(C)ccc2o1. The molecule has 0 saturated carbocycles. The topological polar surface area (TPSA) is 33.4 Å². The highest BCUT2D eigenvalue weighted by atomic mass is 16.3. The number of rotatable bonds is 0. The second-order valence-electron chi connectivity index (χ2n) is 3.00. The van der Waals surface area contributed by atoms with Gasteiger partial charge in [-0.2, -0.15) is 0 Å². The van der Waals surface area contributed by atoms with Gasteiger partial charge in [-0.25, -0.2) is 0 Å². The molecule has 0 saturated heterocycles. The fourth-order valence-electron chi connectivity index (χ4n) is 1.33. The van der Waals surface area contributed by atoms with Crippen molar-refractivity contribution < 1.29 is 9.52 Å². The van der Waals surface area contributed by atoms with Gasteiger partial charge < -0.3 is 9.52 Å². The van der Waals surface area contributed by atoms with Gasteiger partial charge in [-0.15, -0.1) is 0 Å². The molecule has 0 spiro atoms. The van der Waals surface area contributed by atoms with Crippen molar-refractivity contribution in [2.24, 2.45) is 0 Å². The van der Waals surface area contributed by atoms with Gasteiger partial charge >= 0.3 is 0 Å². The quantitative estimate of drug-likeness (QED) is 0.646. The summed E-state index contributed by atoms with van der Waals surface area (Å²) in [6.07, 6.45) is 0. The predicted molar refractivity (Wildman–Crippen MR) is 47.4 cm³/mol. The van der Waals surface area contributed by atoms with E-state index in [1.54, 1.807) is 0 Å². The number of benzene rings is 1. The molecule has 0 bridgehead atoms. The molecule has 2 heteroatoms. The summed E-state index contributed by atoms with van der Waals surface area (Å²) in [6.45, 7) is 3.74. The lowest BCUT2D eigenvalue weighted by atomic mass is 10.1. The van der Waals surface area contributed by atoms with Crippen LogP contribution in [0.2, 0.25) is 0 Å². The van der Waals surface area contributed by atoms with Crippen molar-refractivity contribution in [2.45, 2.75) is 13.8 Å². The molecule has 0 amide bonds. The molecule has 2 aromatic rings. The van der Waals surface area contributed by atoms with Crippen LogP contribution >= 0.6 is 0 Å². The molecule has 1 heterocycles. The van der Waals surface area contributed by atoms with Crippen LogP contribution in [0.1, 0.15) is 11.3 Å². The number of hydrogen-bond acceptors (Lipinski definition) is 2. The average molecular weight is 162 g/mol. The second kappa shape index (κ2) is 2.27. The van der Waals surface area contributed by atoms with Crippen molar-refractivity contribution in [3.8, 4) is 5.75 Å². The van der Waals surface area contributed by atoms with Crippen molar-refractivity contribution >= 4 is 11.0 Å². The van der Waals surface area contributed by atoms with Gasteiger partial charge in [-0.05, 0) is 31.5 Å². The lowest BCUT2D eigenvalue weighted by molar-refractivity contribution is 0.477. The summed E-state index contributed by atoms with van der Waals surface area (Å²) < 4.78 is 5.34. The number of aryl methyl sites for hydroxylation is 2. The molecule has 1 aromatic heterocycles. The number of fused-ring (bicyclic) bond motifs is 1. The third-order valence-corrected chi connectivity index (χ3v) is 2.00. The maximum absolute atomic E-state index is 9.61.